The summed E-state index contributed by atoms with van der Waals surface area (Å²) < 4.78 is 10.5. The largest absolute Gasteiger partial charge is 0.493 e. The maximum atomic E-state index is 9.73. The number of likely N-dealkylation sites (tertiary alicyclic amines) is 1. The zero-order chi connectivity index (χ0) is 19.9. The van der Waals surface area contributed by atoms with Crippen molar-refractivity contribution in [2.45, 2.75) is 25.6 Å². The average molecular weight is 384 g/mol. The summed E-state index contributed by atoms with van der Waals surface area (Å²) >= 11 is 0. The van der Waals surface area contributed by atoms with E-state index >= 15 is 0 Å². The standard InChI is InChI=1S/C21H28N4O3/c1-27-19-8-7-17(11-20(19)28-2)24-21(22)23-12-15-5-3-4-6-16(15)13-25-10-9-18(26)14-25/h3-8,11,18,26H,9-10,12-14H2,1-2H3,(H3,22,23,24). The zero-order valence-electron chi connectivity index (χ0n) is 16.4. The SMILES string of the molecule is COc1ccc(NC(N)=NCc2ccccc2CN2CCC(O)C2)cc1OC. The lowest BCUT2D eigenvalue weighted by Crippen LogP contribution is -2.23. The van der Waals surface area contributed by atoms with E-state index in [4.69, 9.17) is 15.2 Å². The molecule has 1 unspecified atom stereocenters. The van der Waals surface area contributed by atoms with Crippen LogP contribution in [-0.2, 0) is 13.1 Å². The number of anilines is 1. The lowest BCUT2D eigenvalue weighted by atomic mass is 10.1. The van der Waals surface area contributed by atoms with Crippen molar-refractivity contribution in [3.8, 4) is 11.5 Å². The predicted octanol–water partition coefficient (Wildman–Crippen LogP) is 2.20. The Labute approximate surface area is 165 Å². The number of hydrogen-bond acceptors (Lipinski definition) is 5. The van der Waals surface area contributed by atoms with E-state index in [-0.39, 0.29) is 6.10 Å². The number of nitrogens with zero attached hydrogens (tertiary/aromatic N) is 2. The summed E-state index contributed by atoms with van der Waals surface area (Å²) in [5.74, 6) is 1.61. The van der Waals surface area contributed by atoms with Gasteiger partial charge in [-0.15, -0.1) is 0 Å². The number of nitrogens with two attached hydrogens (primary N) is 1. The third kappa shape index (κ3) is 5.15. The van der Waals surface area contributed by atoms with Crippen molar-refractivity contribution in [3.63, 3.8) is 0 Å². The summed E-state index contributed by atoms with van der Waals surface area (Å²) in [6.07, 6.45) is 0.620. The quantitative estimate of drug-likeness (QED) is 0.501. The van der Waals surface area contributed by atoms with Crippen LogP contribution >= 0.6 is 0 Å². The molecule has 0 radical (unpaired) electrons. The van der Waals surface area contributed by atoms with Crippen molar-refractivity contribution in [2.75, 3.05) is 32.6 Å². The first kappa shape index (κ1) is 20.0. The summed E-state index contributed by atoms with van der Waals surface area (Å²) in [6.45, 7) is 2.94. The number of aliphatic imine (C=N–C) groups is 1. The van der Waals surface area contributed by atoms with Crippen LogP contribution in [0.1, 0.15) is 17.5 Å². The molecule has 7 nitrogen and oxygen atoms in total. The van der Waals surface area contributed by atoms with Crippen molar-refractivity contribution >= 4 is 11.6 Å². The number of hydrogen-bond donors (Lipinski definition) is 3. The molecule has 0 aromatic heterocycles. The molecule has 0 spiro atoms. The van der Waals surface area contributed by atoms with Gasteiger partial charge in [0.05, 0.1) is 26.9 Å². The van der Waals surface area contributed by atoms with Crippen LogP contribution in [0, 0.1) is 0 Å². The van der Waals surface area contributed by atoms with Gasteiger partial charge in [0.25, 0.3) is 0 Å². The fourth-order valence-electron chi connectivity index (χ4n) is 3.33. The summed E-state index contributed by atoms with van der Waals surface area (Å²) in [5.41, 5.74) is 9.18. The molecule has 28 heavy (non-hydrogen) atoms. The molecule has 1 aliphatic rings. The van der Waals surface area contributed by atoms with E-state index in [0.29, 0.717) is 24.0 Å². The van der Waals surface area contributed by atoms with Gasteiger partial charge in [0, 0.05) is 31.4 Å². The summed E-state index contributed by atoms with van der Waals surface area (Å²) in [7, 11) is 3.19. The molecule has 150 valence electrons. The van der Waals surface area contributed by atoms with Crippen LogP contribution in [0.4, 0.5) is 5.69 Å². The van der Waals surface area contributed by atoms with Crippen LogP contribution in [0.25, 0.3) is 0 Å². The van der Waals surface area contributed by atoms with E-state index in [1.165, 1.54) is 5.56 Å². The summed E-state index contributed by atoms with van der Waals surface area (Å²) in [4.78, 5) is 6.74. The van der Waals surface area contributed by atoms with Gasteiger partial charge < -0.3 is 25.6 Å². The zero-order valence-corrected chi connectivity index (χ0v) is 16.4. The van der Waals surface area contributed by atoms with E-state index in [1.807, 2.05) is 30.3 Å². The molecular formula is C21H28N4O3. The summed E-state index contributed by atoms with van der Waals surface area (Å²) in [5, 5.41) is 12.8. The highest BCUT2D eigenvalue weighted by Crippen LogP contribution is 2.29. The Hall–Kier alpha value is -2.77. The van der Waals surface area contributed by atoms with Crippen molar-refractivity contribution in [1.29, 1.82) is 0 Å². The smallest absolute Gasteiger partial charge is 0.193 e. The molecule has 0 bridgehead atoms. The Balaban J connectivity index is 1.65. The van der Waals surface area contributed by atoms with Crippen molar-refractivity contribution in [3.05, 3.63) is 53.6 Å². The molecule has 1 fully saturated rings. The third-order valence-electron chi connectivity index (χ3n) is 4.84. The van der Waals surface area contributed by atoms with Crippen molar-refractivity contribution in [2.24, 2.45) is 10.7 Å². The maximum Gasteiger partial charge on any atom is 0.193 e. The normalized spacial score (nSPS) is 17.5. The molecule has 2 aromatic carbocycles. The van der Waals surface area contributed by atoms with Gasteiger partial charge in [0.2, 0.25) is 0 Å². The number of aliphatic hydroxyl groups is 1. The van der Waals surface area contributed by atoms with Crippen LogP contribution in [0.2, 0.25) is 0 Å². The Morgan fingerprint density at radius 1 is 1.18 bits per heavy atom. The number of aliphatic hydroxyl groups excluding tert-OH is 1. The molecule has 0 saturated carbocycles. The van der Waals surface area contributed by atoms with Gasteiger partial charge >= 0.3 is 0 Å². The Kier molecular flexibility index (Phi) is 6.73. The van der Waals surface area contributed by atoms with Crippen LogP contribution in [0.5, 0.6) is 11.5 Å². The Morgan fingerprint density at radius 3 is 2.61 bits per heavy atom. The maximum absolute atomic E-state index is 9.73. The molecule has 1 aliphatic heterocycles. The number of ether oxygens (including phenoxy) is 2. The second kappa shape index (κ2) is 9.43. The van der Waals surface area contributed by atoms with Gasteiger partial charge in [0.15, 0.2) is 17.5 Å². The minimum absolute atomic E-state index is 0.216. The first-order valence-corrected chi connectivity index (χ1v) is 9.35. The Bertz CT molecular complexity index is 825. The van der Waals surface area contributed by atoms with Gasteiger partial charge in [-0.1, -0.05) is 24.3 Å². The van der Waals surface area contributed by atoms with E-state index in [2.05, 4.69) is 27.3 Å². The van der Waals surface area contributed by atoms with Crippen LogP contribution in [0.3, 0.4) is 0 Å². The topological polar surface area (TPSA) is 92.3 Å². The molecule has 3 rings (SSSR count). The van der Waals surface area contributed by atoms with Crippen molar-refractivity contribution in [1.82, 2.24) is 4.90 Å². The van der Waals surface area contributed by atoms with Crippen LogP contribution in [-0.4, -0.2) is 49.4 Å². The number of methoxy groups -OCH3 is 2. The second-order valence-electron chi connectivity index (χ2n) is 6.84. The lowest BCUT2D eigenvalue weighted by Gasteiger charge is -2.17. The molecule has 0 aliphatic carbocycles. The van der Waals surface area contributed by atoms with Gasteiger partial charge in [-0.25, -0.2) is 4.99 Å². The fourth-order valence-corrected chi connectivity index (χ4v) is 3.33. The fraction of sp³-hybridized carbons (Fsp3) is 0.381. The van der Waals surface area contributed by atoms with Crippen LogP contribution in [0.15, 0.2) is 47.5 Å². The molecule has 4 N–H and O–H groups in total. The Morgan fingerprint density at radius 2 is 1.93 bits per heavy atom. The predicted molar refractivity (Wildman–Crippen MR) is 111 cm³/mol. The highest BCUT2D eigenvalue weighted by Gasteiger charge is 2.20. The van der Waals surface area contributed by atoms with E-state index in [0.717, 1.165) is 37.3 Å². The number of benzene rings is 2. The number of nitrogens with one attached hydrogen (secondary N) is 1. The lowest BCUT2D eigenvalue weighted by molar-refractivity contribution is 0.174. The van der Waals surface area contributed by atoms with E-state index in [9.17, 15) is 5.11 Å². The first-order chi connectivity index (χ1) is 13.6. The highest BCUT2D eigenvalue weighted by atomic mass is 16.5. The van der Waals surface area contributed by atoms with E-state index < -0.39 is 0 Å². The highest BCUT2D eigenvalue weighted by molar-refractivity contribution is 5.92. The minimum Gasteiger partial charge on any atom is -0.493 e. The third-order valence-corrected chi connectivity index (χ3v) is 4.84. The first-order valence-electron chi connectivity index (χ1n) is 9.35. The molecule has 1 heterocycles. The van der Waals surface area contributed by atoms with Crippen LogP contribution < -0.4 is 20.5 Å². The minimum atomic E-state index is -0.216. The van der Waals surface area contributed by atoms with Gasteiger partial charge in [-0.2, -0.15) is 0 Å². The molecule has 0 amide bonds. The number of rotatable bonds is 7. The van der Waals surface area contributed by atoms with Gasteiger partial charge in [-0.3, -0.25) is 4.90 Å². The monoisotopic (exact) mass is 384 g/mol. The molecule has 7 heteroatoms. The molecule has 2 aromatic rings. The van der Waals surface area contributed by atoms with Crippen molar-refractivity contribution < 1.29 is 14.6 Å². The van der Waals surface area contributed by atoms with Gasteiger partial charge in [0.1, 0.15) is 0 Å². The molecular weight excluding hydrogens is 356 g/mol. The molecule has 1 atom stereocenters. The number of guanidine groups is 1. The molecule has 1 saturated heterocycles. The second-order valence-corrected chi connectivity index (χ2v) is 6.84. The number of β-amino-alcohol motifs (C(OH)–C–C–N with tert-alkyl or cyclic N) is 1. The average Bonchev–Trinajstić information content (AvgIpc) is 3.12. The van der Waals surface area contributed by atoms with E-state index in [1.54, 1.807) is 14.2 Å². The summed E-state index contributed by atoms with van der Waals surface area (Å²) in [6, 6.07) is 13.7. The van der Waals surface area contributed by atoms with Gasteiger partial charge in [-0.05, 0) is 29.7 Å².